The van der Waals surface area contributed by atoms with Gasteiger partial charge in [0.1, 0.15) is 0 Å². The number of aryl methyl sites for hydroxylation is 1. The molecule has 5 heteroatoms. The number of aromatic nitrogens is 1. The minimum atomic E-state index is -0.0879. The first kappa shape index (κ1) is 10.4. The summed E-state index contributed by atoms with van der Waals surface area (Å²) in [5.74, 6) is -0.0904. The van der Waals surface area contributed by atoms with Crippen molar-refractivity contribution in [3.8, 4) is 0 Å². The topological polar surface area (TPSA) is 65.2 Å². The predicted octanol–water partition coefficient (Wildman–Crippen LogP) is 1.39. The molecule has 0 bridgehead atoms. The quantitative estimate of drug-likeness (QED) is 0.774. The Morgan fingerprint density at radius 2 is 2.53 bits per heavy atom. The minimum Gasteiger partial charge on any atom is -0.466 e. The zero-order valence-electron chi connectivity index (χ0n) is 8.66. The Morgan fingerprint density at radius 3 is 3.27 bits per heavy atom. The number of carbonyl (C=O) groups excluding carboxylic acids is 1. The molecule has 0 saturated heterocycles. The van der Waals surface area contributed by atoms with Gasteiger partial charge in [-0.15, -0.1) is 11.3 Å². The number of carbonyl (C=O) groups is 1. The highest BCUT2D eigenvalue weighted by atomic mass is 32.1. The molecule has 0 saturated carbocycles. The molecule has 2 rings (SSSR count). The van der Waals surface area contributed by atoms with Crippen molar-refractivity contribution < 1.29 is 9.53 Å². The van der Waals surface area contributed by atoms with Gasteiger partial charge < -0.3 is 10.5 Å². The van der Waals surface area contributed by atoms with Gasteiger partial charge in [0.15, 0.2) is 5.13 Å². The molecule has 2 N–H and O–H groups in total. The minimum absolute atomic E-state index is 0.00250. The van der Waals surface area contributed by atoms with Crippen molar-refractivity contribution in [3.63, 3.8) is 0 Å². The van der Waals surface area contributed by atoms with Gasteiger partial charge in [-0.25, -0.2) is 4.98 Å². The van der Waals surface area contributed by atoms with Crippen LogP contribution in [0.5, 0.6) is 0 Å². The smallest absolute Gasteiger partial charge is 0.309 e. The van der Waals surface area contributed by atoms with Crippen LogP contribution < -0.4 is 5.73 Å². The van der Waals surface area contributed by atoms with Crippen LogP contribution in [0.3, 0.4) is 0 Å². The van der Waals surface area contributed by atoms with E-state index in [0.717, 1.165) is 29.8 Å². The number of nitrogens with two attached hydrogens (primary N) is 1. The Kier molecular flexibility index (Phi) is 2.90. The second-order valence-corrected chi connectivity index (χ2v) is 4.73. The fourth-order valence-corrected chi connectivity index (χ4v) is 2.81. The van der Waals surface area contributed by atoms with Crippen molar-refractivity contribution in [2.24, 2.45) is 5.92 Å². The predicted molar refractivity (Wildman–Crippen MR) is 58.7 cm³/mol. The van der Waals surface area contributed by atoms with E-state index >= 15 is 0 Å². The first-order chi connectivity index (χ1) is 7.20. The van der Waals surface area contributed by atoms with E-state index < -0.39 is 0 Å². The molecule has 0 aromatic carbocycles. The maximum absolute atomic E-state index is 11.5. The molecule has 0 fully saturated rings. The maximum Gasteiger partial charge on any atom is 0.309 e. The Hall–Kier alpha value is -1.10. The van der Waals surface area contributed by atoms with Gasteiger partial charge in [-0.2, -0.15) is 0 Å². The van der Waals surface area contributed by atoms with E-state index in [1.54, 1.807) is 0 Å². The average molecular weight is 226 g/mol. The number of nitrogens with zero attached hydrogens (tertiary/aromatic N) is 1. The van der Waals surface area contributed by atoms with Crippen molar-refractivity contribution >= 4 is 22.4 Å². The van der Waals surface area contributed by atoms with E-state index in [2.05, 4.69) is 4.98 Å². The van der Waals surface area contributed by atoms with Crippen LogP contribution in [0.1, 0.15) is 23.9 Å². The highest BCUT2D eigenvalue weighted by Crippen LogP contribution is 2.31. The number of ether oxygens (including phenoxy) is 1. The lowest BCUT2D eigenvalue weighted by atomic mass is 9.91. The molecule has 0 radical (unpaired) electrons. The van der Waals surface area contributed by atoms with Crippen LogP contribution in [0.25, 0.3) is 0 Å². The number of anilines is 1. The number of esters is 1. The second-order valence-electron chi connectivity index (χ2n) is 3.61. The van der Waals surface area contributed by atoms with Crippen LogP contribution in [0.2, 0.25) is 0 Å². The standard InChI is InChI=1S/C10H14N2O2S/c1-2-14-9(13)6-3-4-7-8(5-6)15-10(11)12-7/h6H,2-5H2,1H3,(H2,11,12)/t6-/m0/s1. The summed E-state index contributed by atoms with van der Waals surface area (Å²) >= 11 is 1.49. The Bertz CT molecular complexity index is 375. The van der Waals surface area contributed by atoms with Gasteiger partial charge in [0.05, 0.1) is 18.2 Å². The molecule has 15 heavy (non-hydrogen) atoms. The molecule has 1 atom stereocenters. The first-order valence-electron chi connectivity index (χ1n) is 5.11. The van der Waals surface area contributed by atoms with Gasteiger partial charge in [0, 0.05) is 4.88 Å². The van der Waals surface area contributed by atoms with Gasteiger partial charge >= 0.3 is 5.97 Å². The second kappa shape index (κ2) is 4.18. The fraction of sp³-hybridized carbons (Fsp3) is 0.600. The zero-order chi connectivity index (χ0) is 10.8. The number of hydrogen-bond donors (Lipinski definition) is 1. The highest BCUT2D eigenvalue weighted by molar-refractivity contribution is 7.15. The molecule has 1 aromatic heterocycles. The van der Waals surface area contributed by atoms with Crippen LogP contribution in [0, 0.1) is 5.92 Å². The lowest BCUT2D eigenvalue weighted by Gasteiger charge is -2.18. The summed E-state index contributed by atoms with van der Waals surface area (Å²) in [6, 6.07) is 0. The Labute approximate surface area is 92.5 Å². The van der Waals surface area contributed by atoms with Gasteiger partial charge in [0.25, 0.3) is 0 Å². The van der Waals surface area contributed by atoms with E-state index in [4.69, 9.17) is 10.5 Å². The fourth-order valence-electron chi connectivity index (χ4n) is 1.86. The average Bonchev–Trinajstić information content (AvgIpc) is 2.57. The molecule has 0 spiro atoms. The monoisotopic (exact) mass is 226 g/mol. The van der Waals surface area contributed by atoms with Gasteiger partial charge in [-0.05, 0) is 26.2 Å². The van der Waals surface area contributed by atoms with Crippen molar-refractivity contribution in [1.29, 1.82) is 0 Å². The number of hydrogen-bond acceptors (Lipinski definition) is 5. The molecule has 0 aliphatic heterocycles. The molecule has 1 aliphatic carbocycles. The Balaban J connectivity index is 2.08. The molecule has 82 valence electrons. The highest BCUT2D eigenvalue weighted by Gasteiger charge is 2.27. The van der Waals surface area contributed by atoms with Gasteiger partial charge in [-0.3, -0.25) is 4.79 Å². The van der Waals surface area contributed by atoms with Crippen molar-refractivity contribution in [2.75, 3.05) is 12.3 Å². The number of rotatable bonds is 2. The summed E-state index contributed by atoms with van der Waals surface area (Å²) in [5, 5.41) is 0.601. The molecule has 1 aliphatic rings. The number of fused-ring (bicyclic) bond motifs is 1. The summed E-state index contributed by atoms with van der Waals surface area (Å²) in [6.45, 7) is 2.28. The number of thiazole rings is 1. The molecule has 4 nitrogen and oxygen atoms in total. The SMILES string of the molecule is CCOC(=O)[C@H]1CCc2nc(N)sc2C1. The molecule has 0 unspecified atom stereocenters. The van der Waals surface area contributed by atoms with Crippen LogP contribution in [0.4, 0.5) is 5.13 Å². The first-order valence-corrected chi connectivity index (χ1v) is 5.93. The largest absolute Gasteiger partial charge is 0.466 e. The van der Waals surface area contributed by atoms with E-state index in [9.17, 15) is 4.79 Å². The van der Waals surface area contributed by atoms with Crippen molar-refractivity contribution in [2.45, 2.75) is 26.2 Å². The summed E-state index contributed by atoms with van der Waals surface area (Å²) < 4.78 is 5.02. The van der Waals surface area contributed by atoms with Crippen LogP contribution >= 0.6 is 11.3 Å². The molecule has 1 heterocycles. The lowest BCUT2D eigenvalue weighted by molar-refractivity contribution is -0.148. The maximum atomic E-state index is 11.5. The molecule has 0 amide bonds. The van der Waals surface area contributed by atoms with Gasteiger partial charge in [0.2, 0.25) is 0 Å². The third-order valence-electron chi connectivity index (χ3n) is 2.58. The van der Waals surface area contributed by atoms with Crippen molar-refractivity contribution in [3.05, 3.63) is 10.6 Å². The van der Waals surface area contributed by atoms with E-state index in [-0.39, 0.29) is 11.9 Å². The van der Waals surface area contributed by atoms with E-state index in [0.29, 0.717) is 11.7 Å². The number of nitrogen functional groups attached to an aromatic ring is 1. The zero-order valence-corrected chi connectivity index (χ0v) is 9.47. The third-order valence-corrected chi connectivity index (χ3v) is 3.53. The summed E-state index contributed by atoms with van der Waals surface area (Å²) in [6.07, 6.45) is 2.41. The van der Waals surface area contributed by atoms with Crippen LogP contribution in [-0.2, 0) is 22.4 Å². The molecular weight excluding hydrogens is 212 g/mol. The normalized spacial score (nSPS) is 19.7. The third kappa shape index (κ3) is 2.12. The summed E-state index contributed by atoms with van der Waals surface area (Å²) in [7, 11) is 0. The van der Waals surface area contributed by atoms with Crippen molar-refractivity contribution in [1.82, 2.24) is 4.98 Å². The van der Waals surface area contributed by atoms with Gasteiger partial charge in [-0.1, -0.05) is 0 Å². The van der Waals surface area contributed by atoms with Crippen LogP contribution in [0.15, 0.2) is 0 Å². The molecular formula is C10H14N2O2S. The Morgan fingerprint density at radius 1 is 1.73 bits per heavy atom. The van der Waals surface area contributed by atoms with E-state index in [1.807, 2.05) is 6.92 Å². The summed E-state index contributed by atoms with van der Waals surface area (Å²) in [4.78, 5) is 16.9. The van der Waals surface area contributed by atoms with Crippen LogP contribution in [-0.4, -0.2) is 17.6 Å². The van der Waals surface area contributed by atoms with E-state index in [1.165, 1.54) is 11.3 Å². The molecule has 1 aromatic rings. The lowest BCUT2D eigenvalue weighted by Crippen LogP contribution is -2.24. The summed E-state index contributed by atoms with van der Waals surface area (Å²) in [5.41, 5.74) is 6.70.